The van der Waals surface area contributed by atoms with Gasteiger partial charge in [-0.1, -0.05) is 13.0 Å². The third kappa shape index (κ3) is 2.41. The monoisotopic (exact) mass is 254 g/mol. The highest BCUT2D eigenvalue weighted by molar-refractivity contribution is 5.52. The van der Waals surface area contributed by atoms with E-state index in [0.717, 1.165) is 17.4 Å². The first-order valence-corrected chi connectivity index (χ1v) is 6.91. The van der Waals surface area contributed by atoms with Crippen molar-refractivity contribution < 1.29 is 0 Å². The normalized spacial score (nSPS) is 23.2. The van der Waals surface area contributed by atoms with Crippen LogP contribution >= 0.6 is 0 Å². The number of imidazole rings is 1. The minimum Gasteiger partial charge on any atom is -0.368 e. The Morgan fingerprint density at radius 2 is 2.11 bits per heavy atom. The predicted molar refractivity (Wildman–Crippen MR) is 74.9 cm³/mol. The van der Waals surface area contributed by atoms with Gasteiger partial charge in [-0.05, 0) is 43.7 Å². The fourth-order valence-electron chi connectivity index (χ4n) is 2.80. The number of anilines is 1. The van der Waals surface area contributed by atoms with Crippen LogP contribution < -0.4 is 5.32 Å². The Hall–Kier alpha value is -2.02. The Labute approximate surface area is 113 Å². The molecular weight excluding hydrogens is 236 g/mol. The third-order valence-electron chi connectivity index (χ3n) is 3.97. The van der Waals surface area contributed by atoms with Crippen LogP contribution in [0.3, 0.4) is 0 Å². The van der Waals surface area contributed by atoms with Crippen molar-refractivity contribution in [3.05, 3.63) is 30.1 Å². The summed E-state index contributed by atoms with van der Waals surface area (Å²) in [6.07, 6.45) is 6.82. The lowest BCUT2D eigenvalue weighted by molar-refractivity contribution is 0.360. The second-order valence-electron chi connectivity index (χ2n) is 5.48. The molecule has 0 radical (unpaired) electrons. The summed E-state index contributed by atoms with van der Waals surface area (Å²) >= 11 is 0. The van der Waals surface area contributed by atoms with Crippen LogP contribution in [0.2, 0.25) is 0 Å². The SMILES string of the molecule is CC1CCC(Nc2cccc3nc(C#N)cn23)CC1. The molecule has 1 fully saturated rings. The summed E-state index contributed by atoms with van der Waals surface area (Å²) < 4.78 is 1.97. The maximum absolute atomic E-state index is 8.93. The summed E-state index contributed by atoms with van der Waals surface area (Å²) in [7, 11) is 0. The van der Waals surface area contributed by atoms with Crippen LogP contribution in [0.15, 0.2) is 24.4 Å². The lowest BCUT2D eigenvalue weighted by Crippen LogP contribution is -2.26. The average molecular weight is 254 g/mol. The quantitative estimate of drug-likeness (QED) is 0.895. The second kappa shape index (κ2) is 4.93. The number of hydrogen-bond donors (Lipinski definition) is 1. The van der Waals surface area contributed by atoms with Crippen LogP contribution in [0.4, 0.5) is 5.82 Å². The largest absolute Gasteiger partial charge is 0.368 e. The van der Waals surface area contributed by atoms with Gasteiger partial charge in [-0.25, -0.2) is 4.98 Å². The van der Waals surface area contributed by atoms with Gasteiger partial charge in [-0.2, -0.15) is 5.26 Å². The van der Waals surface area contributed by atoms with E-state index in [1.165, 1.54) is 25.7 Å². The van der Waals surface area contributed by atoms with Crippen LogP contribution in [0, 0.1) is 17.2 Å². The van der Waals surface area contributed by atoms with Gasteiger partial charge in [0, 0.05) is 12.2 Å². The van der Waals surface area contributed by atoms with Crippen molar-refractivity contribution in [3.8, 4) is 6.07 Å². The van der Waals surface area contributed by atoms with E-state index in [4.69, 9.17) is 5.26 Å². The van der Waals surface area contributed by atoms with E-state index in [9.17, 15) is 0 Å². The molecule has 98 valence electrons. The highest BCUT2D eigenvalue weighted by atomic mass is 15.1. The number of rotatable bonds is 2. The maximum Gasteiger partial charge on any atom is 0.159 e. The average Bonchev–Trinajstić information content (AvgIpc) is 2.85. The molecule has 1 aliphatic rings. The molecule has 0 unspecified atom stereocenters. The number of pyridine rings is 1. The number of nitrogens with one attached hydrogen (secondary N) is 1. The molecule has 2 heterocycles. The van der Waals surface area contributed by atoms with Gasteiger partial charge < -0.3 is 5.32 Å². The van der Waals surface area contributed by atoms with E-state index in [1.807, 2.05) is 22.6 Å². The topological polar surface area (TPSA) is 53.1 Å². The molecule has 2 aromatic rings. The van der Waals surface area contributed by atoms with Gasteiger partial charge in [0.05, 0.1) is 0 Å². The molecule has 0 saturated heterocycles. The zero-order chi connectivity index (χ0) is 13.2. The van der Waals surface area contributed by atoms with E-state index in [1.54, 1.807) is 6.20 Å². The molecule has 1 N–H and O–H groups in total. The minimum absolute atomic E-state index is 0.464. The predicted octanol–water partition coefficient (Wildman–Crippen LogP) is 3.20. The summed E-state index contributed by atoms with van der Waals surface area (Å²) in [6, 6.07) is 8.59. The van der Waals surface area contributed by atoms with Crippen molar-refractivity contribution in [2.24, 2.45) is 5.92 Å². The standard InChI is InChI=1S/C15H18N4/c1-11-5-7-12(8-6-11)17-14-3-2-4-15-18-13(9-16)10-19(14)15/h2-4,10-12,17H,5-8H2,1H3. The van der Waals surface area contributed by atoms with Gasteiger partial charge in [0.2, 0.25) is 0 Å². The highest BCUT2D eigenvalue weighted by Crippen LogP contribution is 2.26. The van der Waals surface area contributed by atoms with Crippen molar-refractivity contribution in [1.82, 2.24) is 9.38 Å². The summed E-state index contributed by atoms with van der Waals surface area (Å²) in [6.45, 7) is 2.33. The van der Waals surface area contributed by atoms with Gasteiger partial charge in [0.1, 0.15) is 17.5 Å². The van der Waals surface area contributed by atoms with E-state index < -0.39 is 0 Å². The van der Waals surface area contributed by atoms with Crippen molar-refractivity contribution in [1.29, 1.82) is 5.26 Å². The Morgan fingerprint density at radius 1 is 1.32 bits per heavy atom. The highest BCUT2D eigenvalue weighted by Gasteiger charge is 2.18. The Kier molecular flexibility index (Phi) is 3.12. The second-order valence-corrected chi connectivity index (χ2v) is 5.48. The lowest BCUT2D eigenvalue weighted by atomic mass is 9.87. The van der Waals surface area contributed by atoms with Crippen LogP contribution in [-0.4, -0.2) is 15.4 Å². The molecule has 4 nitrogen and oxygen atoms in total. The molecule has 0 amide bonds. The van der Waals surface area contributed by atoms with Crippen molar-refractivity contribution in [2.45, 2.75) is 38.6 Å². The number of nitriles is 1. The first-order valence-electron chi connectivity index (χ1n) is 6.91. The van der Waals surface area contributed by atoms with Gasteiger partial charge in [0.15, 0.2) is 5.69 Å². The van der Waals surface area contributed by atoms with Crippen LogP contribution in [0.25, 0.3) is 5.65 Å². The molecule has 0 atom stereocenters. The van der Waals surface area contributed by atoms with Crippen LogP contribution in [0.1, 0.15) is 38.3 Å². The first kappa shape index (κ1) is 12.0. The molecule has 0 spiro atoms. The summed E-state index contributed by atoms with van der Waals surface area (Å²) in [5.74, 6) is 1.89. The molecule has 0 aliphatic heterocycles. The zero-order valence-electron chi connectivity index (χ0n) is 11.1. The zero-order valence-corrected chi connectivity index (χ0v) is 11.1. The number of nitrogens with zero attached hydrogens (tertiary/aromatic N) is 3. The van der Waals surface area contributed by atoms with E-state index in [0.29, 0.717) is 11.7 Å². The molecule has 2 aromatic heterocycles. The van der Waals surface area contributed by atoms with Gasteiger partial charge in [-0.3, -0.25) is 4.40 Å². The molecule has 1 saturated carbocycles. The van der Waals surface area contributed by atoms with Gasteiger partial charge >= 0.3 is 0 Å². The maximum atomic E-state index is 8.93. The fraction of sp³-hybridized carbons (Fsp3) is 0.467. The molecule has 0 aromatic carbocycles. The molecule has 3 rings (SSSR count). The van der Waals surface area contributed by atoms with Gasteiger partial charge in [0.25, 0.3) is 0 Å². The van der Waals surface area contributed by atoms with Crippen molar-refractivity contribution >= 4 is 11.5 Å². The Morgan fingerprint density at radius 3 is 2.84 bits per heavy atom. The molecule has 19 heavy (non-hydrogen) atoms. The van der Waals surface area contributed by atoms with Crippen LogP contribution in [0.5, 0.6) is 0 Å². The lowest BCUT2D eigenvalue weighted by Gasteiger charge is -2.27. The molecular formula is C15H18N4. The van der Waals surface area contributed by atoms with E-state index in [2.05, 4.69) is 23.3 Å². The van der Waals surface area contributed by atoms with Crippen LogP contribution in [-0.2, 0) is 0 Å². The smallest absolute Gasteiger partial charge is 0.159 e. The molecule has 4 heteroatoms. The number of aromatic nitrogens is 2. The Bertz CT molecular complexity index is 615. The third-order valence-corrected chi connectivity index (χ3v) is 3.97. The molecule has 1 aliphatic carbocycles. The number of hydrogen-bond acceptors (Lipinski definition) is 3. The molecule has 0 bridgehead atoms. The Balaban J connectivity index is 1.84. The minimum atomic E-state index is 0.464. The van der Waals surface area contributed by atoms with E-state index in [-0.39, 0.29) is 0 Å². The van der Waals surface area contributed by atoms with E-state index >= 15 is 0 Å². The summed E-state index contributed by atoms with van der Waals surface area (Å²) in [5.41, 5.74) is 1.29. The van der Waals surface area contributed by atoms with Gasteiger partial charge in [-0.15, -0.1) is 0 Å². The summed E-state index contributed by atoms with van der Waals surface area (Å²) in [5, 5.41) is 12.5. The summed E-state index contributed by atoms with van der Waals surface area (Å²) in [4.78, 5) is 4.26. The first-order chi connectivity index (χ1) is 9.26. The van der Waals surface area contributed by atoms with Crippen molar-refractivity contribution in [3.63, 3.8) is 0 Å². The number of fused-ring (bicyclic) bond motifs is 1. The fourth-order valence-corrected chi connectivity index (χ4v) is 2.80. The van der Waals surface area contributed by atoms with Crippen molar-refractivity contribution in [2.75, 3.05) is 5.32 Å².